The number of Topliss-reactive ketones (excluding diaryl/α,β-unsaturated/α-hetero) is 1. The molecule has 0 radical (unpaired) electrons. The van der Waals surface area contributed by atoms with Gasteiger partial charge in [-0.05, 0) is 17.7 Å². The van der Waals surface area contributed by atoms with E-state index in [9.17, 15) is 4.79 Å². The number of likely N-dealkylation sites (tertiary alicyclic amines) is 1. The summed E-state index contributed by atoms with van der Waals surface area (Å²) in [7, 11) is 4.68. The average molecular weight is 370 g/mol. The molecule has 0 aromatic heterocycles. The number of ether oxygens (including phenoxy) is 3. The highest BCUT2D eigenvalue weighted by atomic mass is 16.5. The van der Waals surface area contributed by atoms with Crippen LogP contribution in [0.15, 0.2) is 42.5 Å². The smallest absolute Gasteiger partial charge is 0.203 e. The zero-order valence-electron chi connectivity index (χ0n) is 16.3. The lowest BCUT2D eigenvalue weighted by Crippen LogP contribution is -3.10. The van der Waals surface area contributed by atoms with Crippen molar-refractivity contribution in [2.24, 2.45) is 0 Å². The van der Waals surface area contributed by atoms with Gasteiger partial charge in [0.1, 0.15) is 0 Å². The molecule has 1 fully saturated rings. The number of methoxy groups -OCH3 is 3. The van der Waals surface area contributed by atoms with Crippen LogP contribution in [0.1, 0.15) is 34.7 Å². The van der Waals surface area contributed by atoms with Crippen molar-refractivity contribution < 1.29 is 23.9 Å². The maximum absolute atomic E-state index is 12.7. The van der Waals surface area contributed by atoms with E-state index in [1.54, 1.807) is 33.5 Å². The van der Waals surface area contributed by atoms with Crippen molar-refractivity contribution in [3.8, 4) is 17.2 Å². The predicted octanol–water partition coefficient (Wildman–Crippen LogP) is 2.36. The third-order valence-corrected chi connectivity index (χ3v) is 5.34. The molecule has 5 nitrogen and oxygen atoms in total. The fourth-order valence-electron chi connectivity index (χ4n) is 3.84. The van der Waals surface area contributed by atoms with Crippen molar-refractivity contribution in [1.29, 1.82) is 0 Å². The summed E-state index contributed by atoms with van der Waals surface area (Å²) in [6, 6.07) is 14.1. The third-order valence-electron chi connectivity index (χ3n) is 5.34. The molecular weight excluding hydrogens is 342 g/mol. The van der Waals surface area contributed by atoms with Crippen LogP contribution in [-0.4, -0.2) is 46.7 Å². The van der Waals surface area contributed by atoms with Gasteiger partial charge in [-0.15, -0.1) is 0 Å². The first kappa shape index (κ1) is 19.2. The number of rotatable bonds is 8. The van der Waals surface area contributed by atoms with E-state index >= 15 is 0 Å². The lowest BCUT2D eigenvalue weighted by Gasteiger charge is -2.15. The van der Waals surface area contributed by atoms with Crippen molar-refractivity contribution in [3.63, 3.8) is 0 Å². The molecular formula is C22H28NO4+. The van der Waals surface area contributed by atoms with E-state index in [-0.39, 0.29) is 5.78 Å². The Balaban J connectivity index is 1.61. The number of carbonyl (C=O) groups excluding carboxylic acids is 1. The molecule has 27 heavy (non-hydrogen) atoms. The van der Waals surface area contributed by atoms with Crippen LogP contribution in [0.4, 0.5) is 0 Å². The second-order valence-corrected chi connectivity index (χ2v) is 6.94. The molecule has 2 aromatic rings. The summed E-state index contributed by atoms with van der Waals surface area (Å²) in [6.07, 6.45) is 1.69. The molecule has 2 aromatic carbocycles. The van der Waals surface area contributed by atoms with Crippen LogP contribution in [0.5, 0.6) is 17.2 Å². The topological polar surface area (TPSA) is 49.2 Å². The zero-order chi connectivity index (χ0) is 19.2. The van der Waals surface area contributed by atoms with E-state index in [1.807, 2.05) is 0 Å². The quantitative estimate of drug-likeness (QED) is 0.725. The fourth-order valence-corrected chi connectivity index (χ4v) is 3.84. The summed E-state index contributed by atoms with van der Waals surface area (Å²) in [5.74, 6) is 2.23. The Kier molecular flexibility index (Phi) is 6.35. The van der Waals surface area contributed by atoms with Crippen LogP contribution >= 0.6 is 0 Å². The molecule has 2 atom stereocenters. The Morgan fingerprint density at radius 2 is 1.70 bits per heavy atom. The van der Waals surface area contributed by atoms with Gasteiger partial charge in [-0.1, -0.05) is 30.3 Å². The van der Waals surface area contributed by atoms with Crippen LogP contribution in [0.25, 0.3) is 0 Å². The Morgan fingerprint density at radius 1 is 1.04 bits per heavy atom. The van der Waals surface area contributed by atoms with Crippen molar-refractivity contribution >= 4 is 5.78 Å². The van der Waals surface area contributed by atoms with Crippen molar-refractivity contribution in [3.05, 3.63) is 53.6 Å². The normalized spacial score (nSPS) is 18.9. The predicted molar refractivity (Wildman–Crippen MR) is 104 cm³/mol. The second kappa shape index (κ2) is 8.91. The van der Waals surface area contributed by atoms with E-state index in [0.717, 1.165) is 19.6 Å². The maximum Gasteiger partial charge on any atom is 0.203 e. The lowest BCUT2D eigenvalue weighted by molar-refractivity contribution is -0.887. The van der Waals surface area contributed by atoms with Crippen molar-refractivity contribution in [1.82, 2.24) is 0 Å². The molecule has 0 bridgehead atoms. The number of carbonyl (C=O) groups is 1. The number of benzene rings is 2. The first-order valence-electron chi connectivity index (χ1n) is 9.38. The van der Waals surface area contributed by atoms with Crippen LogP contribution < -0.4 is 19.1 Å². The highest BCUT2D eigenvalue weighted by Crippen LogP contribution is 2.38. The first-order valence-corrected chi connectivity index (χ1v) is 9.38. The standard InChI is InChI=1S/C22H27NO4/c1-25-20-13-18(14-21(26-2)22(20)27-3)19(24)10-12-23-11-9-17(15-23)16-7-5-4-6-8-16/h4-8,13-14,17H,9-12,15H2,1-3H3/p+1/t17-/m0/s1. The van der Waals surface area contributed by atoms with Crippen molar-refractivity contribution in [2.45, 2.75) is 18.8 Å². The summed E-state index contributed by atoms with van der Waals surface area (Å²) >= 11 is 0. The van der Waals surface area contributed by atoms with Crippen LogP contribution in [0.2, 0.25) is 0 Å². The molecule has 0 spiro atoms. The molecule has 0 saturated carbocycles. The molecule has 0 aliphatic carbocycles. The second-order valence-electron chi connectivity index (χ2n) is 6.94. The monoisotopic (exact) mass is 370 g/mol. The minimum absolute atomic E-state index is 0.102. The molecule has 1 aliphatic rings. The van der Waals surface area contributed by atoms with Gasteiger partial charge in [0.05, 0.1) is 47.4 Å². The molecule has 5 heteroatoms. The minimum atomic E-state index is 0.102. The maximum atomic E-state index is 12.7. The van der Waals surface area contributed by atoms with Crippen LogP contribution in [-0.2, 0) is 0 Å². The van der Waals surface area contributed by atoms with E-state index < -0.39 is 0 Å². The Bertz CT molecular complexity index is 750. The van der Waals surface area contributed by atoms with Gasteiger partial charge in [0.2, 0.25) is 5.75 Å². The van der Waals surface area contributed by atoms with E-state index in [4.69, 9.17) is 14.2 Å². The van der Waals surface area contributed by atoms with Gasteiger partial charge in [-0.2, -0.15) is 0 Å². The fraction of sp³-hybridized carbons (Fsp3) is 0.409. The molecule has 1 heterocycles. The van der Waals surface area contributed by atoms with E-state index in [2.05, 4.69) is 30.3 Å². The highest BCUT2D eigenvalue weighted by molar-refractivity contribution is 5.97. The molecule has 1 unspecified atom stereocenters. The minimum Gasteiger partial charge on any atom is -0.493 e. The largest absolute Gasteiger partial charge is 0.493 e. The zero-order valence-corrected chi connectivity index (χ0v) is 16.3. The van der Waals surface area contributed by atoms with Gasteiger partial charge in [-0.3, -0.25) is 4.79 Å². The molecule has 3 rings (SSSR count). The Hall–Kier alpha value is -2.53. The molecule has 1 aliphatic heterocycles. The van der Waals surface area contributed by atoms with Gasteiger partial charge < -0.3 is 19.1 Å². The van der Waals surface area contributed by atoms with Gasteiger partial charge in [0.25, 0.3) is 0 Å². The highest BCUT2D eigenvalue weighted by Gasteiger charge is 2.27. The Labute approximate surface area is 160 Å². The summed E-state index contributed by atoms with van der Waals surface area (Å²) in [5, 5.41) is 0. The number of ketones is 1. The third kappa shape index (κ3) is 4.42. The average Bonchev–Trinajstić information content (AvgIpc) is 3.20. The lowest BCUT2D eigenvalue weighted by atomic mass is 9.99. The number of nitrogens with one attached hydrogen (secondary N) is 1. The van der Waals surface area contributed by atoms with Gasteiger partial charge in [0, 0.05) is 17.9 Å². The summed E-state index contributed by atoms with van der Waals surface area (Å²) in [6.45, 7) is 3.05. The Morgan fingerprint density at radius 3 is 2.30 bits per heavy atom. The summed E-state index contributed by atoms with van der Waals surface area (Å²) in [5.41, 5.74) is 2.01. The van der Waals surface area contributed by atoms with Gasteiger partial charge in [0.15, 0.2) is 17.3 Å². The van der Waals surface area contributed by atoms with Gasteiger partial charge in [-0.25, -0.2) is 0 Å². The molecule has 144 valence electrons. The van der Waals surface area contributed by atoms with Crippen molar-refractivity contribution in [2.75, 3.05) is 41.0 Å². The number of hydrogen-bond donors (Lipinski definition) is 1. The SMILES string of the molecule is COc1cc(C(=O)CC[NH+]2CC[C@H](c3ccccc3)C2)cc(OC)c1OC. The van der Waals surface area contributed by atoms with Crippen LogP contribution in [0.3, 0.4) is 0 Å². The molecule has 1 saturated heterocycles. The first-order chi connectivity index (χ1) is 13.2. The number of quaternary nitrogens is 1. The number of hydrogen-bond acceptors (Lipinski definition) is 4. The molecule has 1 N–H and O–H groups in total. The van der Waals surface area contributed by atoms with E-state index in [0.29, 0.717) is 35.2 Å². The van der Waals surface area contributed by atoms with Crippen LogP contribution in [0, 0.1) is 0 Å². The van der Waals surface area contributed by atoms with E-state index in [1.165, 1.54) is 16.9 Å². The summed E-state index contributed by atoms with van der Waals surface area (Å²) in [4.78, 5) is 14.2. The van der Waals surface area contributed by atoms with Gasteiger partial charge >= 0.3 is 0 Å². The molecule has 0 amide bonds. The summed E-state index contributed by atoms with van der Waals surface area (Å²) < 4.78 is 16.0.